The first-order valence-electron chi connectivity index (χ1n) is 8.43. The van der Waals surface area contributed by atoms with Crippen molar-refractivity contribution in [1.29, 1.82) is 0 Å². The van der Waals surface area contributed by atoms with Gasteiger partial charge in [0.05, 0.1) is 22.3 Å². The molecule has 1 aliphatic heterocycles. The summed E-state index contributed by atoms with van der Waals surface area (Å²) in [6.07, 6.45) is -0.941. The van der Waals surface area contributed by atoms with E-state index in [2.05, 4.69) is 10.6 Å². The second-order valence-electron chi connectivity index (χ2n) is 6.30. The average Bonchev–Trinajstić information content (AvgIpc) is 3.26. The van der Waals surface area contributed by atoms with Crippen molar-refractivity contribution < 1.29 is 19.1 Å². The molecule has 1 aromatic carbocycles. The Kier molecular flexibility index (Phi) is 6.05. The van der Waals surface area contributed by atoms with Gasteiger partial charge in [0.1, 0.15) is 6.10 Å². The molecule has 1 aliphatic rings. The number of amides is 4. The van der Waals surface area contributed by atoms with E-state index in [4.69, 9.17) is 16.3 Å². The Morgan fingerprint density at radius 2 is 1.96 bits per heavy atom. The van der Waals surface area contributed by atoms with Crippen molar-refractivity contribution in [3.63, 3.8) is 0 Å². The Hall–Kier alpha value is -2.78. The lowest BCUT2D eigenvalue weighted by Crippen LogP contribution is -2.34. The number of anilines is 2. The fraction of sp³-hybridized carbons (Fsp3) is 0.278. The van der Waals surface area contributed by atoms with E-state index < -0.39 is 12.2 Å². The van der Waals surface area contributed by atoms with Crippen molar-refractivity contribution in [2.45, 2.75) is 6.10 Å². The molecule has 8 nitrogen and oxygen atoms in total. The number of rotatable bonds is 5. The average molecular weight is 423 g/mol. The van der Waals surface area contributed by atoms with Gasteiger partial charge in [-0.3, -0.25) is 9.69 Å². The predicted octanol–water partition coefficient (Wildman–Crippen LogP) is 3.25. The third-order valence-corrected chi connectivity index (χ3v) is 5.23. The molecule has 28 heavy (non-hydrogen) atoms. The smallest absolute Gasteiger partial charge is 0.414 e. The Bertz CT molecular complexity index is 884. The number of carbonyl (C=O) groups is 3. The molecule has 10 heteroatoms. The molecule has 2 N–H and O–H groups in total. The quantitative estimate of drug-likeness (QED) is 0.773. The highest BCUT2D eigenvalue weighted by Crippen LogP contribution is 2.24. The second-order valence-corrected chi connectivity index (χ2v) is 8.02. The number of thiophene rings is 1. The largest absolute Gasteiger partial charge is 0.442 e. The molecule has 4 amide bonds. The summed E-state index contributed by atoms with van der Waals surface area (Å²) in [7, 11) is 3.30. The van der Waals surface area contributed by atoms with E-state index in [0.29, 0.717) is 27.1 Å². The molecule has 2 heterocycles. The van der Waals surface area contributed by atoms with Gasteiger partial charge >= 0.3 is 12.1 Å². The summed E-state index contributed by atoms with van der Waals surface area (Å²) in [5, 5.41) is 5.47. The minimum absolute atomic E-state index is 0.202. The summed E-state index contributed by atoms with van der Waals surface area (Å²) < 4.78 is 5.86. The number of hydrogen-bond donors (Lipinski definition) is 2. The molecule has 0 unspecified atom stereocenters. The summed E-state index contributed by atoms with van der Waals surface area (Å²) in [5.41, 5.74) is 1.26. The molecule has 0 aliphatic carbocycles. The maximum atomic E-state index is 12.2. The van der Waals surface area contributed by atoms with Crippen LogP contribution in [-0.4, -0.2) is 56.2 Å². The van der Waals surface area contributed by atoms with Crippen molar-refractivity contribution >= 4 is 52.3 Å². The maximum absolute atomic E-state index is 12.2. The van der Waals surface area contributed by atoms with Gasteiger partial charge in [-0.05, 0) is 36.4 Å². The van der Waals surface area contributed by atoms with E-state index in [-0.39, 0.29) is 18.5 Å². The van der Waals surface area contributed by atoms with E-state index in [1.807, 2.05) is 0 Å². The summed E-state index contributed by atoms with van der Waals surface area (Å²) in [6.45, 7) is 0.515. The van der Waals surface area contributed by atoms with Crippen LogP contribution in [-0.2, 0) is 4.74 Å². The highest BCUT2D eigenvalue weighted by molar-refractivity contribution is 7.17. The molecule has 1 atom stereocenters. The normalized spacial score (nSPS) is 15.9. The third-order valence-electron chi connectivity index (χ3n) is 4.00. The van der Waals surface area contributed by atoms with Crippen molar-refractivity contribution in [2.24, 2.45) is 0 Å². The SMILES string of the molecule is CN(C)C(=O)Nc1ccc(N2C[C@H](CNC(=O)c3ccc(Cl)s3)OC2=O)cc1. The summed E-state index contributed by atoms with van der Waals surface area (Å²) in [6, 6.07) is 9.92. The topological polar surface area (TPSA) is 91.0 Å². The molecular weight excluding hydrogens is 404 g/mol. The van der Waals surface area contributed by atoms with Crippen molar-refractivity contribution in [2.75, 3.05) is 37.4 Å². The van der Waals surface area contributed by atoms with Crippen LogP contribution in [0.2, 0.25) is 4.34 Å². The zero-order chi connectivity index (χ0) is 20.3. The number of ether oxygens (including phenoxy) is 1. The van der Waals surface area contributed by atoms with Gasteiger partial charge in [-0.15, -0.1) is 11.3 Å². The van der Waals surface area contributed by atoms with Gasteiger partial charge in [0.25, 0.3) is 5.91 Å². The van der Waals surface area contributed by atoms with Gasteiger partial charge in [-0.2, -0.15) is 0 Å². The molecule has 2 aromatic rings. The van der Waals surface area contributed by atoms with E-state index >= 15 is 0 Å². The van der Waals surface area contributed by atoms with Gasteiger partial charge in [0.2, 0.25) is 0 Å². The monoisotopic (exact) mass is 422 g/mol. The maximum Gasteiger partial charge on any atom is 0.414 e. The van der Waals surface area contributed by atoms with Crippen LogP contribution in [0, 0.1) is 0 Å². The standard InChI is InChI=1S/C18H19ClN4O4S/c1-22(2)17(25)21-11-3-5-12(6-4-11)23-10-13(27-18(23)26)9-20-16(24)14-7-8-15(19)28-14/h3-8,13H,9-10H2,1-2H3,(H,20,24)(H,21,25)/t13-/m0/s1. The van der Waals surface area contributed by atoms with Crippen LogP contribution in [0.4, 0.5) is 21.0 Å². The number of benzene rings is 1. The van der Waals surface area contributed by atoms with Crippen molar-refractivity contribution in [3.8, 4) is 0 Å². The molecule has 148 valence electrons. The molecule has 0 saturated carbocycles. The van der Waals surface area contributed by atoms with E-state index in [1.165, 1.54) is 21.1 Å². The van der Waals surface area contributed by atoms with Crippen LogP contribution in [0.25, 0.3) is 0 Å². The fourth-order valence-corrected chi connectivity index (χ4v) is 3.49. The highest BCUT2D eigenvalue weighted by Gasteiger charge is 2.32. The third kappa shape index (κ3) is 4.73. The van der Waals surface area contributed by atoms with E-state index in [0.717, 1.165) is 0 Å². The highest BCUT2D eigenvalue weighted by atomic mass is 35.5. The van der Waals surface area contributed by atoms with Crippen LogP contribution in [0.5, 0.6) is 0 Å². The molecule has 1 aromatic heterocycles. The number of hydrogen-bond acceptors (Lipinski definition) is 5. The molecule has 1 saturated heterocycles. The zero-order valence-electron chi connectivity index (χ0n) is 15.3. The van der Waals surface area contributed by atoms with Gasteiger partial charge < -0.3 is 20.3 Å². The Balaban J connectivity index is 1.55. The van der Waals surface area contributed by atoms with Gasteiger partial charge in [0, 0.05) is 25.5 Å². The van der Waals surface area contributed by atoms with Gasteiger partial charge in [-0.1, -0.05) is 11.6 Å². The molecule has 3 rings (SSSR count). The second kappa shape index (κ2) is 8.49. The number of nitrogens with zero attached hydrogens (tertiary/aromatic N) is 2. The zero-order valence-corrected chi connectivity index (χ0v) is 16.8. The molecule has 0 spiro atoms. The first kappa shape index (κ1) is 20.0. The van der Waals surface area contributed by atoms with Crippen LogP contribution < -0.4 is 15.5 Å². The molecule has 1 fully saturated rings. The first-order chi connectivity index (χ1) is 13.3. The number of urea groups is 1. The minimum Gasteiger partial charge on any atom is -0.442 e. The molecule has 0 radical (unpaired) electrons. The van der Waals surface area contributed by atoms with E-state index in [1.54, 1.807) is 50.5 Å². The van der Waals surface area contributed by atoms with Gasteiger partial charge in [0.15, 0.2) is 0 Å². The first-order valence-corrected chi connectivity index (χ1v) is 9.63. The van der Waals surface area contributed by atoms with Crippen LogP contribution in [0.3, 0.4) is 0 Å². The Morgan fingerprint density at radius 3 is 2.57 bits per heavy atom. The minimum atomic E-state index is -0.483. The van der Waals surface area contributed by atoms with Crippen LogP contribution >= 0.6 is 22.9 Å². The number of cyclic esters (lactones) is 1. The molecular formula is C18H19ClN4O4S. The van der Waals surface area contributed by atoms with Crippen LogP contribution in [0.15, 0.2) is 36.4 Å². The number of halogens is 1. The summed E-state index contributed by atoms with van der Waals surface area (Å²) in [4.78, 5) is 39.3. The van der Waals surface area contributed by atoms with Crippen molar-refractivity contribution in [3.05, 3.63) is 45.6 Å². The van der Waals surface area contributed by atoms with Crippen molar-refractivity contribution in [1.82, 2.24) is 10.2 Å². The van der Waals surface area contributed by atoms with Gasteiger partial charge in [-0.25, -0.2) is 9.59 Å². The fourth-order valence-electron chi connectivity index (χ4n) is 2.53. The van der Waals surface area contributed by atoms with E-state index in [9.17, 15) is 14.4 Å². The Morgan fingerprint density at radius 1 is 1.25 bits per heavy atom. The number of carbonyl (C=O) groups excluding carboxylic acids is 3. The lowest BCUT2D eigenvalue weighted by Gasteiger charge is -2.15. The van der Waals surface area contributed by atoms with Crippen LogP contribution in [0.1, 0.15) is 9.67 Å². The summed E-state index contributed by atoms with van der Waals surface area (Å²) in [5.74, 6) is -0.257. The predicted molar refractivity (Wildman–Crippen MR) is 108 cm³/mol. The summed E-state index contributed by atoms with van der Waals surface area (Å²) >= 11 is 7.01. The molecule has 0 bridgehead atoms. The Labute approximate surface area is 171 Å². The lowest BCUT2D eigenvalue weighted by atomic mass is 10.2. The number of nitrogens with one attached hydrogen (secondary N) is 2. The lowest BCUT2D eigenvalue weighted by molar-refractivity contribution is 0.0920.